The molecule has 1 atom stereocenters. The van der Waals surface area contributed by atoms with Crippen LogP contribution in [0, 0.1) is 12.8 Å². The zero-order chi connectivity index (χ0) is 21.7. The molecule has 11 heteroatoms. The summed E-state index contributed by atoms with van der Waals surface area (Å²) in [6.07, 6.45) is 5.86. The Labute approximate surface area is 201 Å². The van der Waals surface area contributed by atoms with Gasteiger partial charge in [0.25, 0.3) is 0 Å². The third-order valence-corrected chi connectivity index (χ3v) is 7.38. The Morgan fingerprint density at radius 3 is 2.75 bits per heavy atom. The summed E-state index contributed by atoms with van der Waals surface area (Å²) in [4.78, 5) is 26.0. The summed E-state index contributed by atoms with van der Waals surface area (Å²) in [5, 5.41) is 27.9. The number of ketones is 1. The van der Waals surface area contributed by atoms with E-state index in [2.05, 4.69) is 20.6 Å². The van der Waals surface area contributed by atoms with Crippen LogP contribution in [0.1, 0.15) is 56.7 Å². The van der Waals surface area contributed by atoms with Gasteiger partial charge >= 0.3 is 18.9 Å². The first-order chi connectivity index (χ1) is 14.9. The Bertz CT molecular complexity index is 1180. The number of carbonyl (C=O) groups excluding carboxylic acids is 2. The smallest absolute Gasteiger partial charge is 0.545 e. The van der Waals surface area contributed by atoms with Gasteiger partial charge in [-0.15, -0.1) is 21.5 Å². The summed E-state index contributed by atoms with van der Waals surface area (Å²) >= 11 is 1.47. The normalized spacial score (nSPS) is 17.5. The van der Waals surface area contributed by atoms with Gasteiger partial charge in [-0.25, -0.2) is 0 Å². The number of hydrogen-bond donors (Lipinski definition) is 1. The molecule has 0 bridgehead atoms. The van der Waals surface area contributed by atoms with E-state index in [1.807, 2.05) is 24.6 Å². The molecule has 3 aromatic rings. The minimum Gasteiger partial charge on any atom is -0.545 e. The molecule has 0 aromatic carbocycles. The van der Waals surface area contributed by atoms with Crippen molar-refractivity contribution in [2.45, 2.75) is 51.5 Å². The van der Waals surface area contributed by atoms with E-state index in [0.717, 1.165) is 47.6 Å². The van der Waals surface area contributed by atoms with Crippen molar-refractivity contribution in [3.8, 4) is 0 Å². The molecule has 0 saturated heterocycles. The fourth-order valence-corrected chi connectivity index (χ4v) is 5.72. The predicted molar refractivity (Wildman–Crippen MR) is 112 cm³/mol. The molecule has 3 aromatic heterocycles. The molecule has 1 fully saturated rings. The van der Waals surface area contributed by atoms with E-state index < -0.39 is 5.97 Å². The standard InChI is InChI=1S/C21H24N6O3S.Li/c1-11-7-18(26(2)25-11)23-21-24-22-10-27(21)13-5-6-16-14(8-13)19(20(29)30)17(31-16)9-15(28)12-3-4-12;/h7,10,12-13H,3-6,8-9H2,1-2H3,(H,23,24)(H,29,30);/q;+1/p-1. The Hall–Kier alpha value is -2.41. The topological polar surface area (TPSA) is 118 Å². The molecule has 9 nitrogen and oxygen atoms in total. The number of aromatic nitrogens is 5. The number of carboxylic acid groups (broad SMARTS) is 1. The van der Waals surface area contributed by atoms with Gasteiger partial charge in [-0.1, -0.05) is 0 Å². The minimum absolute atomic E-state index is 0. The number of carbonyl (C=O) groups is 2. The summed E-state index contributed by atoms with van der Waals surface area (Å²) in [6, 6.07) is 1.94. The molecular weight excluding hydrogens is 423 g/mol. The molecular formula is C21H23LiN6O3S. The molecule has 32 heavy (non-hydrogen) atoms. The molecule has 1 unspecified atom stereocenters. The summed E-state index contributed by atoms with van der Waals surface area (Å²) in [6.45, 7) is 1.92. The molecule has 1 N–H and O–H groups in total. The predicted octanol–water partition coefficient (Wildman–Crippen LogP) is -1.26. The monoisotopic (exact) mass is 446 g/mol. The fourth-order valence-electron chi connectivity index (χ4n) is 4.37. The number of nitrogens with one attached hydrogen (secondary N) is 1. The van der Waals surface area contributed by atoms with E-state index in [-0.39, 0.29) is 48.6 Å². The van der Waals surface area contributed by atoms with Gasteiger partial charge < -0.3 is 15.2 Å². The van der Waals surface area contributed by atoms with Crippen molar-refractivity contribution in [3.05, 3.63) is 39.0 Å². The second-order valence-corrected chi connectivity index (χ2v) is 9.57. The van der Waals surface area contributed by atoms with Gasteiger partial charge in [-0.05, 0) is 44.6 Å². The van der Waals surface area contributed by atoms with Gasteiger partial charge in [0, 0.05) is 46.8 Å². The van der Waals surface area contributed by atoms with E-state index in [1.54, 1.807) is 11.0 Å². The van der Waals surface area contributed by atoms with Gasteiger partial charge in [0.15, 0.2) is 0 Å². The van der Waals surface area contributed by atoms with Gasteiger partial charge in [0.1, 0.15) is 17.9 Å². The van der Waals surface area contributed by atoms with Crippen LogP contribution in [0.3, 0.4) is 0 Å². The number of aryl methyl sites for hydroxylation is 3. The molecule has 0 spiro atoms. The molecule has 5 rings (SSSR count). The van der Waals surface area contributed by atoms with E-state index in [4.69, 9.17) is 0 Å². The summed E-state index contributed by atoms with van der Waals surface area (Å²) in [7, 11) is 1.85. The van der Waals surface area contributed by atoms with Crippen LogP contribution in [-0.2, 0) is 31.1 Å². The Balaban J connectivity index is 0.00000245. The Kier molecular flexibility index (Phi) is 6.30. The number of Topliss-reactive ketones (excluding diaryl/α,β-unsaturated/α-hetero) is 1. The first-order valence-electron chi connectivity index (χ1n) is 10.5. The van der Waals surface area contributed by atoms with Crippen molar-refractivity contribution in [1.29, 1.82) is 0 Å². The van der Waals surface area contributed by atoms with Crippen molar-refractivity contribution < 1.29 is 33.6 Å². The summed E-state index contributed by atoms with van der Waals surface area (Å²) in [5.74, 6) is 0.460. The van der Waals surface area contributed by atoms with Crippen LogP contribution < -0.4 is 29.3 Å². The first kappa shape index (κ1) is 22.8. The van der Waals surface area contributed by atoms with Crippen LogP contribution in [0.25, 0.3) is 0 Å². The van der Waals surface area contributed by atoms with Gasteiger partial charge in [0.05, 0.1) is 11.7 Å². The van der Waals surface area contributed by atoms with Crippen LogP contribution in [0.4, 0.5) is 11.8 Å². The third-order valence-electron chi connectivity index (χ3n) is 6.09. The van der Waals surface area contributed by atoms with Gasteiger partial charge in [0.2, 0.25) is 5.95 Å². The molecule has 0 aliphatic heterocycles. The number of nitrogens with zero attached hydrogens (tertiary/aromatic N) is 5. The SMILES string of the molecule is Cc1cc(Nc2nncn2C2CCc3sc(CC(=O)C4CC4)c(C(=O)[O-])c3C2)n(C)n1.[Li+]. The molecule has 2 aliphatic carbocycles. The van der Waals surface area contributed by atoms with Crippen LogP contribution >= 0.6 is 11.3 Å². The number of rotatable bonds is 7. The number of hydrogen-bond acceptors (Lipinski definition) is 8. The maximum Gasteiger partial charge on any atom is 1.00 e. The van der Waals surface area contributed by atoms with Crippen LogP contribution in [0.5, 0.6) is 0 Å². The molecule has 2 aliphatic rings. The average Bonchev–Trinajstić information content (AvgIpc) is 3.25. The van der Waals surface area contributed by atoms with Crippen LogP contribution in [0.15, 0.2) is 12.4 Å². The second-order valence-electron chi connectivity index (χ2n) is 8.38. The number of carboxylic acids is 1. The molecule has 3 heterocycles. The second kappa shape index (κ2) is 8.85. The maximum absolute atomic E-state index is 12.3. The van der Waals surface area contributed by atoms with Crippen molar-refractivity contribution in [2.24, 2.45) is 13.0 Å². The summed E-state index contributed by atoms with van der Waals surface area (Å²) in [5.41, 5.74) is 1.92. The molecule has 0 amide bonds. The van der Waals surface area contributed by atoms with Crippen LogP contribution in [0.2, 0.25) is 0 Å². The maximum atomic E-state index is 12.3. The van der Waals surface area contributed by atoms with Crippen molar-refractivity contribution in [2.75, 3.05) is 5.32 Å². The largest absolute Gasteiger partial charge is 1.00 e. The van der Waals surface area contributed by atoms with E-state index in [0.29, 0.717) is 17.2 Å². The number of anilines is 2. The zero-order valence-corrected chi connectivity index (χ0v) is 19.2. The number of fused-ring (bicyclic) bond motifs is 1. The number of aromatic carboxylic acids is 1. The molecule has 0 radical (unpaired) electrons. The zero-order valence-electron chi connectivity index (χ0n) is 18.4. The first-order valence-corrected chi connectivity index (χ1v) is 11.3. The average molecular weight is 446 g/mol. The summed E-state index contributed by atoms with van der Waals surface area (Å²) < 4.78 is 3.70. The van der Waals surface area contributed by atoms with Crippen LogP contribution in [-0.4, -0.2) is 36.3 Å². The minimum atomic E-state index is -1.19. The molecule has 1 saturated carbocycles. The quantitative estimate of drug-likeness (QED) is 0.451. The van der Waals surface area contributed by atoms with Gasteiger partial charge in [-0.2, -0.15) is 5.10 Å². The van der Waals surface area contributed by atoms with Crippen molar-refractivity contribution >= 4 is 34.9 Å². The van der Waals surface area contributed by atoms with Gasteiger partial charge in [-0.3, -0.25) is 14.0 Å². The molecule has 162 valence electrons. The van der Waals surface area contributed by atoms with E-state index in [1.165, 1.54) is 11.3 Å². The van der Waals surface area contributed by atoms with E-state index in [9.17, 15) is 14.7 Å². The number of thiophene rings is 1. The third kappa shape index (κ3) is 4.27. The fraction of sp³-hybridized carbons (Fsp3) is 0.476. The Morgan fingerprint density at radius 2 is 2.09 bits per heavy atom. The Morgan fingerprint density at radius 1 is 1.31 bits per heavy atom. The van der Waals surface area contributed by atoms with Crippen molar-refractivity contribution in [1.82, 2.24) is 24.5 Å². The van der Waals surface area contributed by atoms with Crippen molar-refractivity contribution in [3.63, 3.8) is 0 Å². The van der Waals surface area contributed by atoms with E-state index >= 15 is 0 Å².